The van der Waals surface area contributed by atoms with E-state index in [-0.39, 0.29) is 35.4 Å². The van der Waals surface area contributed by atoms with E-state index in [4.69, 9.17) is 16.3 Å². The van der Waals surface area contributed by atoms with Crippen molar-refractivity contribution >= 4 is 51.6 Å². The maximum Gasteiger partial charge on any atom is 0.240 e. The number of aliphatic imine (C=N–C) groups is 1. The van der Waals surface area contributed by atoms with Gasteiger partial charge in [-0.3, -0.25) is 9.89 Å². The normalized spacial score (nSPS) is 15.7. The molecule has 1 fully saturated rings. The Hall–Kier alpha value is -0.660. The average Bonchev–Trinajstić information content (AvgIpc) is 2.66. The first-order valence-corrected chi connectivity index (χ1v) is 10.9. The van der Waals surface area contributed by atoms with Crippen molar-refractivity contribution in [2.45, 2.75) is 11.8 Å². The third-order valence-corrected chi connectivity index (χ3v) is 5.64. The Labute approximate surface area is 189 Å². The largest absolute Gasteiger partial charge is 0.379 e. The molecule has 2 rings (SSSR count). The molecule has 28 heavy (non-hydrogen) atoms. The standard InChI is InChI=1S/C17H28ClN5O3S.HI/c1-2-19-17(21-8-9-23-10-12-26-13-11-23)20-6-7-22-27(24,25)16-5-3-4-15(18)14-16;/h3-5,14,22H,2,6-13H2,1H3,(H2,19,20,21);1H. The number of rotatable bonds is 9. The molecule has 0 bridgehead atoms. The maximum absolute atomic E-state index is 12.2. The first kappa shape index (κ1) is 25.4. The molecular weight excluding hydrogens is 517 g/mol. The van der Waals surface area contributed by atoms with Gasteiger partial charge in [-0.2, -0.15) is 0 Å². The quantitative estimate of drug-likeness (QED) is 0.186. The molecule has 1 heterocycles. The zero-order valence-corrected chi connectivity index (χ0v) is 19.9. The van der Waals surface area contributed by atoms with Crippen LogP contribution in [0, 0.1) is 0 Å². The third-order valence-electron chi connectivity index (χ3n) is 3.95. The predicted molar refractivity (Wildman–Crippen MR) is 123 cm³/mol. The van der Waals surface area contributed by atoms with E-state index >= 15 is 0 Å². The number of guanidine groups is 1. The van der Waals surface area contributed by atoms with Crippen molar-refractivity contribution in [1.82, 2.24) is 20.3 Å². The number of hydrogen-bond donors (Lipinski definition) is 3. The predicted octanol–water partition coefficient (Wildman–Crippen LogP) is 1.12. The molecule has 1 aliphatic rings. The van der Waals surface area contributed by atoms with Gasteiger partial charge in [0.2, 0.25) is 10.0 Å². The molecule has 1 aliphatic heterocycles. The Morgan fingerprint density at radius 2 is 2.00 bits per heavy atom. The second-order valence-electron chi connectivity index (χ2n) is 6.00. The topological polar surface area (TPSA) is 95.1 Å². The van der Waals surface area contributed by atoms with Gasteiger partial charge in [-0.25, -0.2) is 13.1 Å². The summed E-state index contributed by atoms with van der Waals surface area (Å²) in [5, 5.41) is 6.81. The smallest absolute Gasteiger partial charge is 0.240 e. The van der Waals surface area contributed by atoms with Crippen molar-refractivity contribution in [3.05, 3.63) is 29.3 Å². The molecule has 0 aromatic heterocycles. The number of nitrogens with zero attached hydrogens (tertiary/aromatic N) is 2. The third kappa shape index (κ3) is 9.23. The highest BCUT2D eigenvalue weighted by Crippen LogP contribution is 2.14. The van der Waals surface area contributed by atoms with Crippen LogP contribution in [0.5, 0.6) is 0 Å². The lowest BCUT2D eigenvalue weighted by molar-refractivity contribution is 0.0389. The van der Waals surface area contributed by atoms with Crippen molar-refractivity contribution < 1.29 is 13.2 Å². The summed E-state index contributed by atoms with van der Waals surface area (Å²) in [4.78, 5) is 6.89. The van der Waals surface area contributed by atoms with Crippen LogP contribution in [0.1, 0.15) is 6.92 Å². The molecule has 1 saturated heterocycles. The second kappa shape index (κ2) is 13.5. The van der Waals surface area contributed by atoms with Crippen LogP contribution in [0.25, 0.3) is 0 Å². The first-order chi connectivity index (χ1) is 13.0. The van der Waals surface area contributed by atoms with Gasteiger partial charge in [0.25, 0.3) is 0 Å². The Morgan fingerprint density at radius 3 is 2.68 bits per heavy atom. The van der Waals surface area contributed by atoms with Gasteiger partial charge < -0.3 is 15.4 Å². The lowest BCUT2D eigenvalue weighted by atomic mass is 10.4. The lowest BCUT2D eigenvalue weighted by Crippen LogP contribution is -2.44. The summed E-state index contributed by atoms with van der Waals surface area (Å²) in [6.07, 6.45) is 0. The summed E-state index contributed by atoms with van der Waals surface area (Å²) in [6.45, 7) is 8.37. The SMILES string of the molecule is CCNC(=NCCNS(=O)(=O)c1cccc(Cl)c1)NCCN1CCOCC1.I. The summed E-state index contributed by atoms with van der Waals surface area (Å²) >= 11 is 5.85. The number of benzene rings is 1. The van der Waals surface area contributed by atoms with Crippen LogP contribution in [0.15, 0.2) is 34.2 Å². The van der Waals surface area contributed by atoms with Gasteiger partial charge >= 0.3 is 0 Å². The molecule has 0 amide bonds. The van der Waals surface area contributed by atoms with E-state index in [1.54, 1.807) is 12.1 Å². The van der Waals surface area contributed by atoms with Crippen molar-refractivity contribution in [2.24, 2.45) is 4.99 Å². The Bertz CT molecular complexity index is 714. The van der Waals surface area contributed by atoms with Crippen molar-refractivity contribution in [2.75, 3.05) is 59.0 Å². The summed E-state index contributed by atoms with van der Waals surface area (Å²) in [5.74, 6) is 0.674. The fourth-order valence-electron chi connectivity index (χ4n) is 2.56. The fourth-order valence-corrected chi connectivity index (χ4v) is 3.89. The lowest BCUT2D eigenvalue weighted by Gasteiger charge is -2.26. The van der Waals surface area contributed by atoms with Gasteiger partial charge in [-0.15, -0.1) is 24.0 Å². The van der Waals surface area contributed by atoms with Gasteiger partial charge in [0, 0.05) is 44.3 Å². The Balaban J connectivity index is 0.00000392. The molecular formula is C17H29ClIN5O3S. The highest BCUT2D eigenvalue weighted by Gasteiger charge is 2.13. The van der Waals surface area contributed by atoms with E-state index in [2.05, 4.69) is 25.2 Å². The molecule has 0 unspecified atom stereocenters. The van der Waals surface area contributed by atoms with Crippen LogP contribution in [0.3, 0.4) is 0 Å². The van der Waals surface area contributed by atoms with Gasteiger partial charge in [0.05, 0.1) is 24.7 Å². The minimum absolute atomic E-state index is 0. The number of morpholine rings is 1. The van der Waals surface area contributed by atoms with Gasteiger partial charge in [0.15, 0.2) is 5.96 Å². The number of ether oxygens (including phenoxy) is 1. The highest BCUT2D eigenvalue weighted by molar-refractivity contribution is 14.0. The Kier molecular flexibility index (Phi) is 12.3. The molecule has 160 valence electrons. The van der Waals surface area contributed by atoms with E-state index in [9.17, 15) is 8.42 Å². The van der Waals surface area contributed by atoms with E-state index in [1.807, 2.05) is 6.92 Å². The molecule has 1 aromatic carbocycles. The maximum atomic E-state index is 12.2. The van der Waals surface area contributed by atoms with Crippen molar-refractivity contribution in [1.29, 1.82) is 0 Å². The zero-order valence-electron chi connectivity index (χ0n) is 16.0. The van der Waals surface area contributed by atoms with Crippen LogP contribution in [-0.2, 0) is 14.8 Å². The number of halogens is 2. The van der Waals surface area contributed by atoms with E-state index in [1.165, 1.54) is 12.1 Å². The van der Waals surface area contributed by atoms with Crippen LogP contribution in [0.2, 0.25) is 5.02 Å². The number of nitrogens with one attached hydrogen (secondary N) is 3. The van der Waals surface area contributed by atoms with Crippen LogP contribution >= 0.6 is 35.6 Å². The minimum Gasteiger partial charge on any atom is -0.379 e. The molecule has 3 N–H and O–H groups in total. The summed E-state index contributed by atoms with van der Waals surface area (Å²) in [7, 11) is -3.59. The summed E-state index contributed by atoms with van der Waals surface area (Å²) in [5.41, 5.74) is 0. The summed E-state index contributed by atoms with van der Waals surface area (Å²) < 4.78 is 32.3. The Morgan fingerprint density at radius 1 is 1.25 bits per heavy atom. The number of hydrogen-bond acceptors (Lipinski definition) is 5. The molecule has 8 nitrogen and oxygen atoms in total. The first-order valence-electron chi connectivity index (χ1n) is 9.09. The van der Waals surface area contributed by atoms with Crippen molar-refractivity contribution in [3.63, 3.8) is 0 Å². The van der Waals surface area contributed by atoms with E-state index in [0.29, 0.717) is 17.5 Å². The fraction of sp³-hybridized carbons (Fsp3) is 0.588. The van der Waals surface area contributed by atoms with Gasteiger partial charge in [-0.05, 0) is 25.1 Å². The second-order valence-corrected chi connectivity index (χ2v) is 8.20. The van der Waals surface area contributed by atoms with Gasteiger partial charge in [0.1, 0.15) is 0 Å². The molecule has 11 heteroatoms. The molecule has 0 saturated carbocycles. The zero-order chi connectivity index (χ0) is 19.5. The van der Waals surface area contributed by atoms with E-state index in [0.717, 1.165) is 45.9 Å². The molecule has 0 radical (unpaired) electrons. The van der Waals surface area contributed by atoms with Crippen LogP contribution in [-0.4, -0.2) is 78.3 Å². The average molecular weight is 546 g/mol. The molecule has 0 atom stereocenters. The molecule has 0 aliphatic carbocycles. The van der Waals surface area contributed by atoms with Gasteiger partial charge in [-0.1, -0.05) is 17.7 Å². The monoisotopic (exact) mass is 545 g/mol. The highest BCUT2D eigenvalue weighted by atomic mass is 127. The van der Waals surface area contributed by atoms with Crippen molar-refractivity contribution in [3.8, 4) is 0 Å². The molecule has 1 aromatic rings. The molecule has 0 spiro atoms. The van der Waals surface area contributed by atoms with E-state index < -0.39 is 10.0 Å². The summed E-state index contributed by atoms with van der Waals surface area (Å²) in [6, 6.07) is 6.17. The van der Waals surface area contributed by atoms with Crippen LogP contribution < -0.4 is 15.4 Å². The van der Waals surface area contributed by atoms with Crippen LogP contribution in [0.4, 0.5) is 0 Å². The minimum atomic E-state index is -3.59. The number of sulfonamides is 1.